The summed E-state index contributed by atoms with van der Waals surface area (Å²) in [6, 6.07) is 5.33. The smallest absolute Gasteiger partial charge is 0.117 e. The van der Waals surface area contributed by atoms with Crippen molar-refractivity contribution in [3.8, 4) is 5.75 Å². The van der Waals surface area contributed by atoms with E-state index in [1.165, 1.54) is 12.8 Å². The van der Waals surface area contributed by atoms with Gasteiger partial charge in [-0.15, -0.1) is 0 Å². The van der Waals surface area contributed by atoms with E-state index in [1.54, 1.807) is 12.1 Å². The van der Waals surface area contributed by atoms with E-state index in [-0.39, 0.29) is 0 Å². The molecule has 1 fully saturated rings. The Morgan fingerprint density at radius 2 is 2.21 bits per heavy atom. The maximum atomic E-state index is 9.38. The fourth-order valence-electron chi connectivity index (χ4n) is 1.90. The molecule has 2 aromatic rings. The molecule has 0 aliphatic heterocycles. The van der Waals surface area contributed by atoms with Gasteiger partial charge in [-0.2, -0.15) is 0 Å². The summed E-state index contributed by atoms with van der Waals surface area (Å²) < 4.78 is 2.09. The second kappa shape index (κ2) is 2.50. The number of imidazole rings is 1. The van der Waals surface area contributed by atoms with Crippen LogP contribution in [0.15, 0.2) is 18.2 Å². The lowest BCUT2D eigenvalue weighted by molar-refractivity contribution is 0.476. The molecule has 3 heteroatoms. The molecule has 1 saturated carbocycles. The Labute approximate surface area is 82.0 Å². The lowest BCUT2D eigenvalue weighted by Gasteiger charge is -1.99. The van der Waals surface area contributed by atoms with E-state index in [0.29, 0.717) is 11.7 Å². The normalized spacial score (nSPS) is 16.4. The molecule has 1 heterocycles. The topological polar surface area (TPSA) is 38.0 Å². The van der Waals surface area contributed by atoms with Crippen molar-refractivity contribution in [1.29, 1.82) is 0 Å². The first-order valence-electron chi connectivity index (χ1n) is 4.91. The van der Waals surface area contributed by atoms with Crippen LogP contribution in [0.25, 0.3) is 11.0 Å². The van der Waals surface area contributed by atoms with Gasteiger partial charge in [0.2, 0.25) is 0 Å². The van der Waals surface area contributed by atoms with Gasteiger partial charge in [0.05, 0.1) is 11.0 Å². The highest BCUT2D eigenvalue weighted by Crippen LogP contribution is 2.40. The van der Waals surface area contributed by atoms with Crippen molar-refractivity contribution in [2.24, 2.45) is 7.05 Å². The molecule has 3 rings (SSSR count). The molecule has 1 aliphatic carbocycles. The van der Waals surface area contributed by atoms with E-state index in [4.69, 9.17) is 0 Å². The summed E-state index contributed by atoms with van der Waals surface area (Å²) >= 11 is 0. The highest BCUT2D eigenvalue weighted by molar-refractivity contribution is 5.77. The van der Waals surface area contributed by atoms with E-state index in [2.05, 4.69) is 9.55 Å². The number of aromatic nitrogens is 2. The second-order valence-electron chi connectivity index (χ2n) is 3.98. The highest BCUT2D eigenvalue weighted by Gasteiger charge is 2.28. The zero-order chi connectivity index (χ0) is 9.71. The van der Waals surface area contributed by atoms with Gasteiger partial charge in [0, 0.05) is 19.0 Å². The predicted molar refractivity (Wildman–Crippen MR) is 54.4 cm³/mol. The molecule has 0 radical (unpaired) electrons. The first-order valence-corrected chi connectivity index (χ1v) is 4.91. The average molecular weight is 188 g/mol. The standard InChI is InChI=1S/C11H12N2O/c1-13-10-6-8(14)4-5-9(10)12-11(13)7-2-3-7/h4-7,14H,2-3H2,1H3. The number of aryl methyl sites for hydroxylation is 1. The van der Waals surface area contributed by atoms with Crippen LogP contribution in [0.5, 0.6) is 5.75 Å². The summed E-state index contributed by atoms with van der Waals surface area (Å²) in [5.74, 6) is 2.11. The minimum atomic E-state index is 0.308. The van der Waals surface area contributed by atoms with E-state index in [0.717, 1.165) is 16.9 Å². The number of hydrogen-bond donors (Lipinski definition) is 1. The second-order valence-corrected chi connectivity index (χ2v) is 3.98. The van der Waals surface area contributed by atoms with Gasteiger partial charge < -0.3 is 9.67 Å². The molecule has 0 amide bonds. The first-order chi connectivity index (χ1) is 6.75. The van der Waals surface area contributed by atoms with Crippen molar-refractivity contribution in [3.63, 3.8) is 0 Å². The van der Waals surface area contributed by atoms with Gasteiger partial charge >= 0.3 is 0 Å². The molecule has 1 aliphatic rings. The van der Waals surface area contributed by atoms with E-state index < -0.39 is 0 Å². The van der Waals surface area contributed by atoms with Gasteiger partial charge in [-0.25, -0.2) is 4.98 Å². The molecule has 14 heavy (non-hydrogen) atoms. The Morgan fingerprint density at radius 1 is 1.43 bits per heavy atom. The minimum absolute atomic E-state index is 0.308. The third-order valence-corrected chi connectivity index (χ3v) is 2.84. The molecule has 0 saturated heterocycles. The summed E-state index contributed by atoms with van der Waals surface area (Å²) in [6.45, 7) is 0. The summed E-state index contributed by atoms with van der Waals surface area (Å²) in [5, 5.41) is 9.38. The van der Waals surface area contributed by atoms with Gasteiger partial charge in [-0.1, -0.05) is 0 Å². The lowest BCUT2D eigenvalue weighted by atomic mass is 10.3. The number of hydrogen-bond acceptors (Lipinski definition) is 2. The van der Waals surface area contributed by atoms with Crippen LogP contribution in [0.3, 0.4) is 0 Å². The molecule has 1 aromatic heterocycles. The van der Waals surface area contributed by atoms with Crippen LogP contribution in [0.4, 0.5) is 0 Å². The molecule has 3 nitrogen and oxygen atoms in total. The molecule has 72 valence electrons. The Hall–Kier alpha value is -1.51. The van der Waals surface area contributed by atoms with Crippen LogP contribution < -0.4 is 0 Å². The fraction of sp³-hybridized carbons (Fsp3) is 0.364. The van der Waals surface area contributed by atoms with Crippen LogP contribution in [0.1, 0.15) is 24.6 Å². The van der Waals surface area contributed by atoms with Crippen molar-refractivity contribution in [3.05, 3.63) is 24.0 Å². The summed E-state index contributed by atoms with van der Waals surface area (Å²) in [4.78, 5) is 4.57. The number of phenolic OH excluding ortho intramolecular Hbond substituents is 1. The molecule has 0 bridgehead atoms. The van der Waals surface area contributed by atoms with Gasteiger partial charge in [-0.3, -0.25) is 0 Å². The van der Waals surface area contributed by atoms with Gasteiger partial charge in [0.15, 0.2) is 0 Å². The lowest BCUT2D eigenvalue weighted by Crippen LogP contribution is -1.94. The van der Waals surface area contributed by atoms with Gasteiger partial charge in [-0.05, 0) is 25.0 Å². The number of aromatic hydroxyl groups is 1. The number of nitrogens with zero attached hydrogens (tertiary/aromatic N) is 2. The monoisotopic (exact) mass is 188 g/mol. The van der Waals surface area contributed by atoms with Crippen molar-refractivity contribution in [2.75, 3.05) is 0 Å². The quantitative estimate of drug-likeness (QED) is 0.744. The summed E-state index contributed by atoms with van der Waals surface area (Å²) in [5.41, 5.74) is 2.00. The number of fused-ring (bicyclic) bond motifs is 1. The van der Waals surface area contributed by atoms with Crippen molar-refractivity contribution in [2.45, 2.75) is 18.8 Å². The third-order valence-electron chi connectivity index (χ3n) is 2.84. The molecular formula is C11H12N2O. The zero-order valence-corrected chi connectivity index (χ0v) is 8.07. The Kier molecular flexibility index (Phi) is 1.40. The van der Waals surface area contributed by atoms with Crippen molar-refractivity contribution >= 4 is 11.0 Å². The maximum Gasteiger partial charge on any atom is 0.117 e. The number of benzene rings is 1. The van der Waals surface area contributed by atoms with Crippen LogP contribution in [-0.4, -0.2) is 14.7 Å². The van der Waals surface area contributed by atoms with Crippen LogP contribution in [0.2, 0.25) is 0 Å². The average Bonchev–Trinajstić information content (AvgIpc) is 2.95. The largest absolute Gasteiger partial charge is 0.508 e. The minimum Gasteiger partial charge on any atom is -0.508 e. The molecule has 0 atom stereocenters. The number of rotatable bonds is 1. The first kappa shape index (κ1) is 7.85. The zero-order valence-electron chi connectivity index (χ0n) is 8.07. The van der Waals surface area contributed by atoms with Crippen LogP contribution in [-0.2, 0) is 7.05 Å². The molecule has 1 N–H and O–H groups in total. The van der Waals surface area contributed by atoms with Crippen molar-refractivity contribution in [1.82, 2.24) is 9.55 Å². The molecular weight excluding hydrogens is 176 g/mol. The van der Waals surface area contributed by atoms with E-state index >= 15 is 0 Å². The van der Waals surface area contributed by atoms with E-state index in [9.17, 15) is 5.11 Å². The Morgan fingerprint density at radius 3 is 2.93 bits per heavy atom. The fourth-order valence-corrected chi connectivity index (χ4v) is 1.90. The highest BCUT2D eigenvalue weighted by atomic mass is 16.3. The van der Waals surface area contributed by atoms with Gasteiger partial charge in [0.25, 0.3) is 0 Å². The van der Waals surface area contributed by atoms with Gasteiger partial charge in [0.1, 0.15) is 11.6 Å². The Bertz CT molecular complexity index is 497. The summed E-state index contributed by atoms with van der Waals surface area (Å²) in [7, 11) is 2.02. The Balaban J connectivity index is 2.29. The van der Waals surface area contributed by atoms with Crippen LogP contribution in [0, 0.1) is 0 Å². The molecule has 0 spiro atoms. The summed E-state index contributed by atoms with van der Waals surface area (Å²) in [6.07, 6.45) is 2.51. The maximum absolute atomic E-state index is 9.38. The third kappa shape index (κ3) is 1.02. The van der Waals surface area contributed by atoms with E-state index in [1.807, 2.05) is 13.1 Å². The van der Waals surface area contributed by atoms with Crippen molar-refractivity contribution < 1.29 is 5.11 Å². The SMILES string of the molecule is Cn1c(C2CC2)nc2ccc(O)cc21. The number of phenols is 1. The molecule has 1 aromatic carbocycles. The molecule has 0 unspecified atom stereocenters. The predicted octanol–water partition coefficient (Wildman–Crippen LogP) is 2.16. The van der Waals surface area contributed by atoms with Crippen LogP contribution >= 0.6 is 0 Å².